The van der Waals surface area contributed by atoms with Crippen LogP contribution in [0.4, 0.5) is 5.69 Å². The van der Waals surface area contributed by atoms with Crippen molar-refractivity contribution < 1.29 is 14.3 Å². The van der Waals surface area contributed by atoms with Crippen LogP contribution in [0.5, 0.6) is 5.75 Å². The first-order chi connectivity index (χ1) is 11.1. The number of nitrogens with one attached hydrogen (secondary N) is 1. The highest BCUT2D eigenvalue weighted by Gasteiger charge is 2.34. The molecule has 1 saturated heterocycles. The lowest BCUT2D eigenvalue weighted by Crippen LogP contribution is -2.35. The summed E-state index contributed by atoms with van der Waals surface area (Å²) >= 11 is 0. The Kier molecular flexibility index (Phi) is 3.85. The molecule has 0 unspecified atom stereocenters. The van der Waals surface area contributed by atoms with E-state index >= 15 is 0 Å². The molecule has 23 heavy (non-hydrogen) atoms. The number of hydrogen-bond acceptors (Lipinski definition) is 3. The number of hydrogen-bond donors (Lipinski definition) is 1. The molecule has 5 heteroatoms. The molecule has 0 atom stereocenters. The van der Waals surface area contributed by atoms with Crippen LogP contribution >= 0.6 is 0 Å². The minimum absolute atomic E-state index is 0.108. The summed E-state index contributed by atoms with van der Waals surface area (Å²) in [5, 5.41) is 1.27. The maximum atomic E-state index is 12.5. The summed E-state index contributed by atoms with van der Waals surface area (Å²) in [7, 11) is 1.58. The van der Waals surface area contributed by atoms with Crippen LogP contribution in [0.2, 0.25) is 0 Å². The number of hydrazine groups is 1. The van der Waals surface area contributed by atoms with Crippen molar-refractivity contribution in [1.29, 1.82) is 0 Å². The Labute approximate surface area is 134 Å². The summed E-state index contributed by atoms with van der Waals surface area (Å²) in [4.78, 5) is 24.6. The Hall–Kier alpha value is -3.08. The fourth-order valence-corrected chi connectivity index (χ4v) is 2.37. The Morgan fingerprint density at radius 2 is 1.83 bits per heavy atom. The maximum absolute atomic E-state index is 12.5. The molecule has 1 N–H and O–H groups in total. The Bertz CT molecular complexity index is 794. The summed E-state index contributed by atoms with van der Waals surface area (Å²) in [6.07, 6.45) is 1.58. The molecule has 2 aromatic carbocycles. The number of aryl methyl sites for hydroxylation is 1. The van der Waals surface area contributed by atoms with E-state index < -0.39 is 5.91 Å². The molecule has 2 aromatic rings. The zero-order valence-electron chi connectivity index (χ0n) is 12.9. The van der Waals surface area contributed by atoms with Crippen LogP contribution in [0.1, 0.15) is 11.1 Å². The van der Waals surface area contributed by atoms with Crippen molar-refractivity contribution in [2.45, 2.75) is 6.92 Å². The van der Waals surface area contributed by atoms with E-state index in [-0.39, 0.29) is 11.5 Å². The third-order valence-electron chi connectivity index (χ3n) is 3.58. The summed E-state index contributed by atoms with van der Waals surface area (Å²) < 4.78 is 5.09. The summed E-state index contributed by atoms with van der Waals surface area (Å²) in [5.74, 6) is -0.0560. The van der Waals surface area contributed by atoms with Gasteiger partial charge >= 0.3 is 0 Å². The molecule has 5 nitrogen and oxygen atoms in total. The van der Waals surface area contributed by atoms with E-state index in [1.165, 1.54) is 5.01 Å². The molecule has 1 aliphatic heterocycles. The zero-order chi connectivity index (χ0) is 16.4. The molecule has 0 aromatic heterocycles. The highest BCUT2D eigenvalue weighted by atomic mass is 16.5. The average molecular weight is 308 g/mol. The first-order valence-electron chi connectivity index (χ1n) is 7.16. The molecule has 0 bridgehead atoms. The number of rotatable bonds is 3. The number of amides is 2. The van der Waals surface area contributed by atoms with Gasteiger partial charge in [-0.2, -0.15) is 0 Å². The monoisotopic (exact) mass is 308 g/mol. The molecule has 1 fully saturated rings. The van der Waals surface area contributed by atoms with Crippen molar-refractivity contribution in [1.82, 2.24) is 5.43 Å². The lowest BCUT2D eigenvalue weighted by molar-refractivity contribution is -0.117. The van der Waals surface area contributed by atoms with Gasteiger partial charge in [0, 0.05) is 0 Å². The van der Waals surface area contributed by atoms with Gasteiger partial charge in [0.2, 0.25) is 0 Å². The van der Waals surface area contributed by atoms with E-state index in [9.17, 15) is 9.59 Å². The van der Waals surface area contributed by atoms with E-state index in [0.717, 1.165) is 16.9 Å². The minimum atomic E-state index is -0.410. The SMILES string of the molecule is COc1ccc(/C=C2/C(=O)NN(c3cccc(C)c3)C2=O)cc1. The molecule has 3 rings (SSSR count). The molecule has 2 amide bonds. The predicted molar refractivity (Wildman–Crippen MR) is 87.8 cm³/mol. The Morgan fingerprint density at radius 1 is 1.09 bits per heavy atom. The van der Waals surface area contributed by atoms with Gasteiger partial charge in [-0.05, 0) is 48.4 Å². The topological polar surface area (TPSA) is 58.6 Å². The van der Waals surface area contributed by atoms with Gasteiger partial charge in [-0.25, -0.2) is 5.01 Å². The summed E-state index contributed by atoms with van der Waals surface area (Å²) in [6.45, 7) is 1.93. The highest BCUT2D eigenvalue weighted by molar-refractivity contribution is 6.31. The smallest absolute Gasteiger partial charge is 0.282 e. The van der Waals surface area contributed by atoms with Crippen LogP contribution in [0.3, 0.4) is 0 Å². The molecular weight excluding hydrogens is 292 g/mol. The molecule has 0 spiro atoms. The number of ether oxygens (including phenoxy) is 1. The van der Waals surface area contributed by atoms with Crippen molar-refractivity contribution in [3.63, 3.8) is 0 Å². The van der Waals surface area contributed by atoms with Gasteiger partial charge in [-0.3, -0.25) is 15.0 Å². The van der Waals surface area contributed by atoms with Crippen LogP contribution in [-0.4, -0.2) is 18.9 Å². The van der Waals surface area contributed by atoms with Crippen LogP contribution in [0.15, 0.2) is 54.1 Å². The quantitative estimate of drug-likeness (QED) is 0.700. The molecule has 0 radical (unpaired) electrons. The number of nitrogens with zero attached hydrogens (tertiary/aromatic N) is 1. The Morgan fingerprint density at radius 3 is 2.48 bits per heavy atom. The molecular formula is C18H16N2O3. The minimum Gasteiger partial charge on any atom is -0.497 e. The molecule has 1 heterocycles. The van der Waals surface area contributed by atoms with E-state index in [4.69, 9.17) is 4.74 Å². The van der Waals surface area contributed by atoms with Gasteiger partial charge in [0.05, 0.1) is 12.8 Å². The van der Waals surface area contributed by atoms with E-state index in [2.05, 4.69) is 5.43 Å². The average Bonchev–Trinajstić information content (AvgIpc) is 2.84. The number of carbonyl (C=O) groups is 2. The molecule has 1 aliphatic rings. The molecule has 0 aliphatic carbocycles. The fraction of sp³-hybridized carbons (Fsp3) is 0.111. The van der Waals surface area contributed by atoms with Gasteiger partial charge in [0.1, 0.15) is 11.3 Å². The summed E-state index contributed by atoms with van der Waals surface area (Å²) in [6, 6.07) is 14.5. The standard InChI is InChI=1S/C18H16N2O3/c1-12-4-3-5-14(10-12)20-18(22)16(17(21)19-20)11-13-6-8-15(23-2)9-7-13/h3-11H,1-2H3,(H,19,21)/b16-11-. The van der Waals surface area contributed by atoms with Crippen molar-refractivity contribution in [2.24, 2.45) is 0 Å². The maximum Gasteiger partial charge on any atom is 0.282 e. The lowest BCUT2D eigenvalue weighted by Gasteiger charge is -2.14. The van der Waals surface area contributed by atoms with E-state index in [1.54, 1.807) is 43.5 Å². The number of benzene rings is 2. The van der Waals surface area contributed by atoms with Gasteiger partial charge in [0.25, 0.3) is 11.8 Å². The number of carbonyl (C=O) groups excluding carboxylic acids is 2. The molecule has 116 valence electrons. The second-order valence-corrected chi connectivity index (χ2v) is 5.25. The molecule has 0 saturated carbocycles. The van der Waals surface area contributed by atoms with Gasteiger partial charge < -0.3 is 4.74 Å². The van der Waals surface area contributed by atoms with Crippen LogP contribution < -0.4 is 15.2 Å². The lowest BCUT2D eigenvalue weighted by atomic mass is 10.1. The van der Waals surface area contributed by atoms with Gasteiger partial charge in [0.15, 0.2) is 0 Å². The highest BCUT2D eigenvalue weighted by Crippen LogP contribution is 2.22. The normalized spacial score (nSPS) is 15.9. The van der Waals surface area contributed by atoms with Gasteiger partial charge in [-0.15, -0.1) is 0 Å². The van der Waals surface area contributed by atoms with E-state index in [0.29, 0.717) is 5.69 Å². The van der Waals surface area contributed by atoms with Crippen LogP contribution in [0.25, 0.3) is 6.08 Å². The third-order valence-corrected chi connectivity index (χ3v) is 3.58. The van der Waals surface area contributed by atoms with Crippen molar-refractivity contribution in [3.05, 3.63) is 65.2 Å². The Balaban J connectivity index is 1.90. The summed E-state index contributed by atoms with van der Waals surface area (Å²) in [5.41, 5.74) is 5.11. The van der Waals surface area contributed by atoms with Crippen LogP contribution in [0, 0.1) is 6.92 Å². The first kappa shape index (κ1) is 14.8. The predicted octanol–water partition coefficient (Wildman–Crippen LogP) is 2.47. The van der Waals surface area contributed by atoms with Crippen LogP contribution in [-0.2, 0) is 9.59 Å². The van der Waals surface area contributed by atoms with Crippen molar-refractivity contribution in [2.75, 3.05) is 12.1 Å². The zero-order valence-corrected chi connectivity index (χ0v) is 12.9. The largest absolute Gasteiger partial charge is 0.497 e. The third kappa shape index (κ3) is 2.94. The van der Waals surface area contributed by atoms with E-state index in [1.807, 2.05) is 25.1 Å². The number of anilines is 1. The van der Waals surface area contributed by atoms with Crippen molar-refractivity contribution >= 4 is 23.6 Å². The second-order valence-electron chi connectivity index (χ2n) is 5.25. The first-order valence-corrected chi connectivity index (χ1v) is 7.16. The van der Waals surface area contributed by atoms with Gasteiger partial charge in [-0.1, -0.05) is 24.3 Å². The number of methoxy groups -OCH3 is 1. The fourth-order valence-electron chi connectivity index (χ4n) is 2.37. The second kappa shape index (κ2) is 5.96. The van der Waals surface area contributed by atoms with Crippen molar-refractivity contribution in [3.8, 4) is 5.75 Å².